The van der Waals surface area contributed by atoms with Crippen LogP contribution in [0.4, 0.5) is 4.79 Å². The summed E-state index contributed by atoms with van der Waals surface area (Å²) in [5.74, 6) is 0.246. The van der Waals surface area contributed by atoms with Gasteiger partial charge in [-0.15, -0.1) is 0 Å². The van der Waals surface area contributed by atoms with E-state index in [1.54, 1.807) is 6.20 Å². The lowest BCUT2D eigenvalue weighted by Crippen LogP contribution is -2.17. The minimum absolute atomic E-state index is 0.246. The second-order valence-corrected chi connectivity index (χ2v) is 2.76. The van der Waals surface area contributed by atoms with Crippen molar-refractivity contribution < 1.29 is 9.53 Å². The average molecular weight is 188 g/mol. The van der Waals surface area contributed by atoms with Crippen molar-refractivity contribution in [2.75, 3.05) is 0 Å². The summed E-state index contributed by atoms with van der Waals surface area (Å²) in [6.45, 7) is 0. The Labute approximate surface area is 80.3 Å². The molecule has 14 heavy (non-hydrogen) atoms. The second-order valence-electron chi connectivity index (χ2n) is 2.76. The van der Waals surface area contributed by atoms with Gasteiger partial charge in [0, 0.05) is 11.6 Å². The van der Waals surface area contributed by atoms with Crippen LogP contribution in [0.25, 0.3) is 10.8 Å². The molecule has 0 unspecified atom stereocenters. The van der Waals surface area contributed by atoms with E-state index >= 15 is 0 Å². The Hall–Kier alpha value is -2.10. The number of carbonyl (C=O) groups is 1. The van der Waals surface area contributed by atoms with Gasteiger partial charge < -0.3 is 10.5 Å². The zero-order valence-corrected chi connectivity index (χ0v) is 7.31. The molecule has 0 bridgehead atoms. The molecule has 1 aromatic heterocycles. The first kappa shape index (κ1) is 8.50. The van der Waals surface area contributed by atoms with E-state index in [0.717, 1.165) is 10.8 Å². The quantitative estimate of drug-likeness (QED) is 0.740. The fourth-order valence-electron chi connectivity index (χ4n) is 1.27. The zero-order valence-electron chi connectivity index (χ0n) is 7.31. The molecule has 0 atom stereocenters. The van der Waals surface area contributed by atoms with Gasteiger partial charge in [-0.05, 0) is 17.5 Å². The van der Waals surface area contributed by atoms with Gasteiger partial charge in [0.1, 0.15) is 0 Å². The summed E-state index contributed by atoms with van der Waals surface area (Å²) in [5, 5.41) is 1.73. The van der Waals surface area contributed by atoms with Gasteiger partial charge in [-0.25, -0.2) is 9.78 Å². The largest absolute Gasteiger partial charge is 0.411 e. The third-order valence-electron chi connectivity index (χ3n) is 1.83. The number of amides is 1. The normalized spacial score (nSPS) is 10.0. The number of rotatable bonds is 1. The Bertz CT molecular complexity index is 477. The molecule has 1 heterocycles. The number of hydrogen-bond acceptors (Lipinski definition) is 3. The first-order valence-corrected chi connectivity index (χ1v) is 4.08. The van der Waals surface area contributed by atoms with E-state index in [4.69, 9.17) is 10.5 Å². The summed E-state index contributed by atoms with van der Waals surface area (Å²) < 4.78 is 4.76. The first-order valence-electron chi connectivity index (χ1n) is 4.08. The number of fused-ring (bicyclic) bond motifs is 1. The predicted molar refractivity (Wildman–Crippen MR) is 52.0 cm³/mol. The number of ether oxygens (including phenoxy) is 1. The maximum atomic E-state index is 10.6. The van der Waals surface area contributed by atoms with Crippen LogP contribution in [-0.4, -0.2) is 11.1 Å². The maximum absolute atomic E-state index is 10.6. The molecule has 0 radical (unpaired) electrons. The summed E-state index contributed by atoms with van der Waals surface area (Å²) in [6, 6.07) is 9.31. The van der Waals surface area contributed by atoms with Gasteiger partial charge in [-0.1, -0.05) is 18.2 Å². The van der Waals surface area contributed by atoms with E-state index in [1.165, 1.54) is 0 Å². The van der Waals surface area contributed by atoms with Crippen molar-refractivity contribution in [2.45, 2.75) is 0 Å². The van der Waals surface area contributed by atoms with E-state index in [-0.39, 0.29) is 5.88 Å². The number of pyridine rings is 1. The third-order valence-corrected chi connectivity index (χ3v) is 1.83. The monoisotopic (exact) mass is 188 g/mol. The molecule has 0 aliphatic heterocycles. The molecular weight excluding hydrogens is 180 g/mol. The number of benzene rings is 1. The average Bonchev–Trinajstić information content (AvgIpc) is 2.18. The molecule has 2 rings (SSSR count). The maximum Gasteiger partial charge on any atom is 0.411 e. The Morgan fingerprint density at radius 2 is 2.07 bits per heavy atom. The van der Waals surface area contributed by atoms with Crippen LogP contribution >= 0.6 is 0 Å². The van der Waals surface area contributed by atoms with Crippen LogP contribution in [0.2, 0.25) is 0 Å². The molecule has 0 aliphatic rings. The smallest absolute Gasteiger partial charge is 0.391 e. The van der Waals surface area contributed by atoms with Crippen molar-refractivity contribution >= 4 is 16.9 Å². The van der Waals surface area contributed by atoms with Crippen LogP contribution < -0.4 is 10.5 Å². The number of aromatic nitrogens is 1. The van der Waals surface area contributed by atoms with Gasteiger partial charge in [0.05, 0.1) is 0 Å². The molecule has 2 aromatic rings. The van der Waals surface area contributed by atoms with Gasteiger partial charge in [0.15, 0.2) is 0 Å². The van der Waals surface area contributed by atoms with Gasteiger partial charge in [0.25, 0.3) is 0 Å². The van der Waals surface area contributed by atoms with Crippen LogP contribution in [0.15, 0.2) is 36.5 Å². The van der Waals surface area contributed by atoms with Crippen molar-refractivity contribution in [3.63, 3.8) is 0 Å². The molecule has 4 heteroatoms. The van der Waals surface area contributed by atoms with E-state index in [9.17, 15) is 4.79 Å². The standard InChI is InChI=1S/C10H8N2O2/c11-10(13)14-9-8-4-2-1-3-7(8)5-6-12-9/h1-6H,(H2,11,13). The number of nitrogens with two attached hydrogens (primary N) is 1. The molecule has 2 N–H and O–H groups in total. The summed E-state index contributed by atoms with van der Waals surface area (Å²) >= 11 is 0. The Kier molecular flexibility index (Phi) is 2.02. The van der Waals surface area contributed by atoms with Crippen molar-refractivity contribution in [3.8, 4) is 5.88 Å². The van der Waals surface area contributed by atoms with E-state index in [0.29, 0.717) is 0 Å². The number of nitrogens with zero attached hydrogens (tertiary/aromatic N) is 1. The lowest BCUT2D eigenvalue weighted by molar-refractivity contribution is 0.209. The van der Waals surface area contributed by atoms with Crippen LogP contribution in [0.3, 0.4) is 0 Å². The Morgan fingerprint density at radius 1 is 1.29 bits per heavy atom. The van der Waals surface area contributed by atoms with Gasteiger partial charge >= 0.3 is 6.09 Å². The lowest BCUT2D eigenvalue weighted by atomic mass is 10.2. The van der Waals surface area contributed by atoms with Crippen molar-refractivity contribution in [1.82, 2.24) is 4.98 Å². The van der Waals surface area contributed by atoms with Gasteiger partial charge in [0.2, 0.25) is 5.88 Å². The minimum Gasteiger partial charge on any atom is -0.391 e. The molecule has 0 saturated heterocycles. The molecule has 1 amide bonds. The van der Waals surface area contributed by atoms with Crippen LogP contribution in [-0.2, 0) is 0 Å². The molecule has 0 saturated carbocycles. The topological polar surface area (TPSA) is 65.2 Å². The van der Waals surface area contributed by atoms with Crippen LogP contribution in [0, 0.1) is 0 Å². The molecule has 1 aromatic carbocycles. The summed E-state index contributed by atoms with van der Waals surface area (Å²) in [5.41, 5.74) is 4.91. The highest BCUT2D eigenvalue weighted by Crippen LogP contribution is 2.21. The summed E-state index contributed by atoms with van der Waals surface area (Å²) in [7, 11) is 0. The fourth-order valence-corrected chi connectivity index (χ4v) is 1.27. The summed E-state index contributed by atoms with van der Waals surface area (Å²) in [6.07, 6.45) is 0.717. The second kappa shape index (κ2) is 3.33. The van der Waals surface area contributed by atoms with Gasteiger partial charge in [-0.2, -0.15) is 0 Å². The highest BCUT2D eigenvalue weighted by molar-refractivity contribution is 5.88. The van der Waals surface area contributed by atoms with E-state index in [1.807, 2.05) is 30.3 Å². The van der Waals surface area contributed by atoms with Crippen molar-refractivity contribution in [3.05, 3.63) is 36.5 Å². The predicted octanol–water partition coefficient (Wildman–Crippen LogP) is 1.69. The minimum atomic E-state index is -0.853. The first-order chi connectivity index (χ1) is 6.77. The van der Waals surface area contributed by atoms with Crippen LogP contribution in [0.1, 0.15) is 0 Å². The van der Waals surface area contributed by atoms with Crippen molar-refractivity contribution in [1.29, 1.82) is 0 Å². The number of hydrogen-bond donors (Lipinski definition) is 1. The number of primary amides is 1. The molecule has 0 fully saturated rings. The van der Waals surface area contributed by atoms with E-state index in [2.05, 4.69) is 4.98 Å². The third kappa shape index (κ3) is 1.50. The Morgan fingerprint density at radius 3 is 2.86 bits per heavy atom. The van der Waals surface area contributed by atoms with Gasteiger partial charge in [-0.3, -0.25) is 0 Å². The SMILES string of the molecule is NC(=O)Oc1nccc2ccccc12. The molecule has 4 nitrogen and oxygen atoms in total. The highest BCUT2D eigenvalue weighted by Gasteiger charge is 2.04. The van der Waals surface area contributed by atoms with Crippen LogP contribution in [0.5, 0.6) is 5.88 Å². The number of carbonyl (C=O) groups excluding carboxylic acids is 1. The fraction of sp³-hybridized carbons (Fsp3) is 0. The Balaban J connectivity index is 2.59. The molecule has 0 aliphatic carbocycles. The lowest BCUT2D eigenvalue weighted by Gasteiger charge is -2.03. The molecule has 0 spiro atoms. The zero-order chi connectivity index (χ0) is 9.97. The highest BCUT2D eigenvalue weighted by atomic mass is 16.6. The van der Waals surface area contributed by atoms with E-state index < -0.39 is 6.09 Å². The molecular formula is C10H8N2O2. The summed E-state index contributed by atoms with van der Waals surface area (Å²) in [4.78, 5) is 14.5. The van der Waals surface area contributed by atoms with Crippen molar-refractivity contribution in [2.24, 2.45) is 5.73 Å². The molecule has 70 valence electrons.